The summed E-state index contributed by atoms with van der Waals surface area (Å²) in [4.78, 5) is 4.64. The maximum absolute atomic E-state index is 4.64. The molecule has 0 radical (unpaired) electrons. The molecule has 0 N–H and O–H groups in total. The summed E-state index contributed by atoms with van der Waals surface area (Å²) in [7, 11) is 0. The number of unbranched alkanes of at least 4 members (excludes halogenated alkanes) is 1. The minimum atomic E-state index is 1.08. The van der Waals surface area contributed by atoms with E-state index in [-0.39, 0.29) is 0 Å². The largest absolute Gasteiger partial charge is 0.253 e. The SMILES string of the molecule is CCCCc1ccc2ccc(Br)cc2n1. The molecule has 78 valence electrons. The molecule has 15 heavy (non-hydrogen) atoms. The van der Waals surface area contributed by atoms with Gasteiger partial charge >= 0.3 is 0 Å². The number of halogens is 1. The standard InChI is InChI=1S/C13H14BrN/c1-2-3-4-12-8-6-10-5-7-11(14)9-13(10)15-12/h5-9H,2-4H2,1H3. The predicted molar refractivity (Wildman–Crippen MR) is 68.1 cm³/mol. The van der Waals surface area contributed by atoms with Gasteiger partial charge in [0.05, 0.1) is 5.52 Å². The first-order chi connectivity index (χ1) is 7.29. The molecule has 2 rings (SSSR count). The van der Waals surface area contributed by atoms with Crippen LogP contribution in [-0.2, 0) is 6.42 Å². The number of benzene rings is 1. The van der Waals surface area contributed by atoms with E-state index in [1.807, 2.05) is 0 Å². The van der Waals surface area contributed by atoms with Crippen LogP contribution >= 0.6 is 15.9 Å². The fraction of sp³-hybridized carbons (Fsp3) is 0.308. The van der Waals surface area contributed by atoms with Crippen LogP contribution in [0.25, 0.3) is 10.9 Å². The number of aromatic nitrogens is 1. The number of pyridine rings is 1. The van der Waals surface area contributed by atoms with Crippen molar-refractivity contribution in [2.45, 2.75) is 26.2 Å². The second kappa shape index (κ2) is 4.75. The van der Waals surface area contributed by atoms with Gasteiger partial charge in [-0.3, -0.25) is 4.98 Å². The third-order valence-electron chi connectivity index (χ3n) is 2.50. The molecule has 0 aliphatic rings. The number of aryl methyl sites for hydroxylation is 1. The monoisotopic (exact) mass is 263 g/mol. The molecule has 2 aromatic rings. The summed E-state index contributed by atoms with van der Waals surface area (Å²) in [6.07, 6.45) is 3.52. The first-order valence-electron chi connectivity index (χ1n) is 5.35. The van der Waals surface area contributed by atoms with Crippen LogP contribution < -0.4 is 0 Å². The van der Waals surface area contributed by atoms with Crippen LogP contribution in [0.4, 0.5) is 0 Å². The van der Waals surface area contributed by atoms with E-state index < -0.39 is 0 Å². The smallest absolute Gasteiger partial charge is 0.0716 e. The molecule has 2 heteroatoms. The second-order valence-electron chi connectivity index (χ2n) is 3.74. The molecule has 0 saturated heterocycles. The van der Waals surface area contributed by atoms with E-state index in [0.717, 1.165) is 16.4 Å². The molecule has 0 bridgehead atoms. The Bertz CT molecular complexity index is 465. The van der Waals surface area contributed by atoms with Crippen LogP contribution in [0.1, 0.15) is 25.5 Å². The molecule has 1 aromatic heterocycles. The number of nitrogens with zero attached hydrogens (tertiary/aromatic N) is 1. The van der Waals surface area contributed by atoms with Gasteiger partial charge in [0.25, 0.3) is 0 Å². The summed E-state index contributed by atoms with van der Waals surface area (Å²) >= 11 is 3.47. The molecule has 1 nitrogen and oxygen atoms in total. The van der Waals surface area contributed by atoms with Crippen LogP contribution in [-0.4, -0.2) is 4.98 Å². The molecule has 0 atom stereocenters. The summed E-state index contributed by atoms with van der Waals surface area (Å²) in [5, 5.41) is 1.21. The highest BCUT2D eigenvalue weighted by molar-refractivity contribution is 9.10. The van der Waals surface area contributed by atoms with Gasteiger partial charge in [0.2, 0.25) is 0 Å². The second-order valence-corrected chi connectivity index (χ2v) is 4.66. The van der Waals surface area contributed by atoms with Crippen LogP contribution in [0.5, 0.6) is 0 Å². The fourth-order valence-electron chi connectivity index (χ4n) is 1.63. The highest BCUT2D eigenvalue weighted by Crippen LogP contribution is 2.18. The molecule has 0 spiro atoms. The van der Waals surface area contributed by atoms with Gasteiger partial charge in [-0.2, -0.15) is 0 Å². The van der Waals surface area contributed by atoms with E-state index in [2.05, 4.69) is 58.2 Å². The van der Waals surface area contributed by atoms with Crippen LogP contribution in [0, 0.1) is 0 Å². The lowest BCUT2D eigenvalue weighted by Gasteiger charge is -2.02. The molecule has 0 aliphatic carbocycles. The highest BCUT2D eigenvalue weighted by Gasteiger charge is 1.98. The summed E-state index contributed by atoms with van der Waals surface area (Å²) < 4.78 is 1.09. The maximum atomic E-state index is 4.64. The molecule has 0 fully saturated rings. The zero-order chi connectivity index (χ0) is 10.7. The fourth-order valence-corrected chi connectivity index (χ4v) is 1.98. The first-order valence-corrected chi connectivity index (χ1v) is 6.14. The van der Waals surface area contributed by atoms with Crippen molar-refractivity contribution in [2.75, 3.05) is 0 Å². The van der Waals surface area contributed by atoms with Crippen LogP contribution in [0.3, 0.4) is 0 Å². The zero-order valence-corrected chi connectivity index (χ0v) is 10.4. The van der Waals surface area contributed by atoms with Gasteiger partial charge in [-0.05, 0) is 31.0 Å². The Kier molecular flexibility index (Phi) is 3.37. The molecular formula is C13H14BrN. The third kappa shape index (κ3) is 2.57. The van der Waals surface area contributed by atoms with E-state index in [9.17, 15) is 0 Å². The lowest BCUT2D eigenvalue weighted by atomic mass is 10.1. The Labute approximate surface area is 98.7 Å². The molecule has 1 heterocycles. The van der Waals surface area contributed by atoms with Gasteiger partial charge < -0.3 is 0 Å². The van der Waals surface area contributed by atoms with E-state index in [1.165, 1.54) is 23.9 Å². The van der Waals surface area contributed by atoms with Crippen molar-refractivity contribution in [1.29, 1.82) is 0 Å². The molecule has 0 unspecified atom stereocenters. The number of fused-ring (bicyclic) bond motifs is 1. The Morgan fingerprint density at radius 2 is 2.00 bits per heavy atom. The zero-order valence-electron chi connectivity index (χ0n) is 8.83. The lowest BCUT2D eigenvalue weighted by molar-refractivity contribution is 0.780. The van der Waals surface area contributed by atoms with Crippen molar-refractivity contribution < 1.29 is 0 Å². The summed E-state index contributed by atoms with van der Waals surface area (Å²) in [5.41, 5.74) is 2.28. The number of hydrogen-bond donors (Lipinski definition) is 0. The Balaban J connectivity index is 2.36. The van der Waals surface area contributed by atoms with Gasteiger partial charge in [0.15, 0.2) is 0 Å². The van der Waals surface area contributed by atoms with Crippen molar-refractivity contribution >= 4 is 26.8 Å². The van der Waals surface area contributed by atoms with Crippen molar-refractivity contribution in [3.63, 3.8) is 0 Å². The molecule has 0 saturated carbocycles. The Morgan fingerprint density at radius 3 is 2.80 bits per heavy atom. The minimum Gasteiger partial charge on any atom is -0.253 e. The van der Waals surface area contributed by atoms with Crippen molar-refractivity contribution in [3.8, 4) is 0 Å². The van der Waals surface area contributed by atoms with Crippen molar-refractivity contribution in [3.05, 3.63) is 40.5 Å². The van der Waals surface area contributed by atoms with Crippen LogP contribution in [0.15, 0.2) is 34.8 Å². The Morgan fingerprint density at radius 1 is 1.20 bits per heavy atom. The first kappa shape index (κ1) is 10.6. The molecule has 1 aromatic carbocycles. The Hall–Kier alpha value is -0.890. The maximum Gasteiger partial charge on any atom is 0.0716 e. The summed E-state index contributed by atoms with van der Waals surface area (Å²) in [6, 6.07) is 10.5. The summed E-state index contributed by atoms with van der Waals surface area (Å²) in [5.74, 6) is 0. The van der Waals surface area contributed by atoms with E-state index in [1.54, 1.807) is 0 Å². The van der Waals surface area contributed by atoms with E-state index in [0.29, 0.717) is 0 Å². The normalized spacial score (nSPS) is 10.8. The van der Waals surface area contributed by atoms with E-state index >= 15 is 0 Å². The number of rotatable bonds is 3. The molecule has 0 aliphatic heterocycles. The van der Waals surface area contributed by atoms with Gasteiger partial charge in [0.1, 0.15) is 0 Å². The van der Waals surface area contributed by atoms with Crippen molar-refractivity contribution in [2.24, 2.45) is 0 Å². The lowest BCUT2D eigenvalue weighted by Crippen LogP contribution is -1.90. The summed E-state index contributed by atoms with van der Waals surface area (Å²) in [6.45, 7) is 2.21. The topological polar surface area (TPSA) is 12.9 Å². The highest BCUT2D eigenvalue weighted by atomic mass is 79.9. The van der Waals surface area contributed by atoms with Crippen molar-refractivity contribution in [1.82, 2.24) is 4.98 Å². The van der Waals surface area contributed by atoms with E-state index in [4.69, 9.17) is 0 Å². The average Bonchev–Trinajstić information content (AvgIpc) is 2.25. The minimum absolute atomic E-state index is 1.08. The van der Waals surface area contributed by atoms with Crippen LogP contribution in [0.2, 0.25) is 0 Å². The third-order valence-corrected chi connectivity index (χ3v) is 2.99. The number of hydrogen-bond acceptors (Lipinski definition) is 1. The van der Waals surface area contributed by atoms with Gasteiger partial charge in [0, 0.05) is 15.6 Å². The molecular weight excluding hydrogens is 250 g/mol. The average molecular weight is 264 g/mol. The quantitative estimate of drug-likeness (QED) is 0.803. The van der Waals surface area contributed by atoms with Gasteiger partial charge in [-0.1, -0.05) is 41.4 Å². The predicted octanol–water partition coefficient (Wildman–Crippen LogP) is 4.34. The van der Waals surface area contributed by atoms with Gasteiger partial charge in [-0.15, -0.1) is 0 Å². The molecule has 0 amide bonds. The van der Waals surface area contributed by atoms with Gasteiger partial charge in [-0.25, -0.2) is 0 Å².